The van der Waals surface area contributed by atoms with E-state index in [1.165, 1.54) is 11.9 Å². The third-order valence-electron chi connectivity index (χ3n) is 3.81. The Labute approximate surface area is 140 Å². The molecule has 0 saturated carbocycles. The predicted molar refractivity (Wildman–Crippen MR) is 88.8 cm³/mol. The van der Waals surface area contributed by atoms with Crippen LogP contribution in [-0.4, -0.2) is 69.5 Å². The molecule has 0 aromatic heterocycles. The summed E-state index contributed by atoms with van der Waals surface area (Å²) in [5, 5.41) is 5.04. The second-order valence-corrected chi connectivity index (χ2v) is 5.49. The number of nitrogens with one attached hydrogen (secondary N) is 2. The van der Waals surface area contributed by atoms with Gasteiger partial charge in [0.25, 0.3) is 5.91 Å². The number of likely N-dealkylation sites (N-methyl/N-ethyl adjacent to an activating group) is 3. The van der Waals surface area contributed by atoms with E-state index < -0.39 is 6.10 Å². The first kappa shape index (κ1) is 17.6. The van der Waals surface area contributed by atoms with Crippen LogP contribution in [0.1, 0.15) is 0 Å². The predicted octanol–water partition coefficient (Wildman–Crippen LogP) is -0.796. The van der Waals surface area contributed by atoms with E-state index in [0.717, 1.165) is 5.69 Å². The third-order valence-corrected chi connectivity index (χ3v) is 3.81. The number of fused-ring (bicyclic) bond motifs is 1. The summed E-state index contributed by atoms with van der Waals surface area (Å²) in [5.74, 6) is -0.151. The van der Waals surface area contributed by atoms with Gasteiger partial charge in [-0.1, -0.05) is 12.1 Å². The van der Waals surface area contributed by atoms with Crippen LogP contribution in [0.2, 0.25) is 0 Å². The van der Waals surface area contributed by atoms with Crippen molar-refractivity contribution in [3.05, 3.63) is 24.3 Å². The quantitative estimate of drug-likeness (QED) is 0.736. The van der Waals surface area contributed by atoms with Gasteiger partial charge < -0.3 is 25.2 Å². The molecule has 3 amide bonds. The molecule has 0 radical (unpaired) electrons. The summed E-state index contributed by atoms with van der Waals surface area (Å²) in [6.07, 6.45) is -0.693. The van der Waals surface area contributed by atoms with Gasteiger partial charge in [0.2, 0.25) is 11.8 Å². The van der Waals surface area contributed by atoms with Gasteiger partial charge in [0.1, 0.15) is 5.75 Å². The molecule has 1 aromatic carbocycles. The highest BCUT2D eigenvalue weighted by atomic mass is 16.5. The van der Waals surface area contributed by atoms with Crippen LogP contribution in [0.5, 0.6) is 5.75 Å². The van der Waals surface area contributed by atoms with E-state index in [-0.39, 0.29) is 37.4 Å². The van der Waals surface area contributed by atoms with Gasteiger partial charge in [-0.05, 0) is 12.1 Å². The number of benzene rings is 1. The van der Waals surface area contributed by atoms with Crippen LogP contribution in [0.25, 0.3) is 0 Å². The molecule has 2 N–H and O–H groups in total. The summed E-state index contributed by atoms with van der Waals surface area (Å²) in [6, 6.07) is 7.24. The molecule has 1 aliphatic rings. The fourth-order valence-corrected chi connectivity index (χ4v) is 2.42. The number of carbonyl (C=O) groups excluding carboxylic acids is 3. The summed E-state index contributed by atoms with van der Waals surface area (Å²) < 4.78 is 5.70. The van der Waals surface area contributed by atoms with Crippen LogP contribution in [0.4, 0.5) is 5.69 Å². The van der Waals surface area contributed by atoms with E-state index in [1.54, 1.807) is 25.1 Å². The number of anilines is 1. The molecule has 2 rings (SSSR count). The van der Waals surface area contributed by atoms with Crippen molar-refractivity contribution in [2.45, 2.75) is 6.10 Å². The maximum absolute atomic E-state index is 12.4. The first-order valence-electron chi connectivity index (χ1n) is 7.63. The van der Waals surface area contributed by atoms with Crippen molar-refractivity contribution >= 4 is 23.4 Å². The van der Waals surface area contributed by atoms with Crippen LogP contribution in [0.3, 0.4) is 0 Å². The molecule has 1 aromatic rings. The van der Waals surface area contributed by atoms with Gasteiger partial charge in [-0.15, -0.1) is 0 Å². The van der Waals surface area contributed by atoms with Gasteiger partial charge in [0.05, 0.1) is 25.3 Å². The summed E-state index contributed by atoms with van der Waals surface area (Å²) >= 11 is 0. The lowest BCUT2D eigenvalue weighted by molar-refractivity contribution is -0.133. The van der Waals surface area contributed by atoms with E-state index in [9.17, 15) is 14.4 Å². The molecule has 0 saturated heterocycles. The SMILES string of the molecule is CNC(=O)CN(C)C(=O)CN1C[C@H](C(=O)NC)Oc2ccccc21. The first-order valence-corrected chi connectivity index (χ1v) is 7.63. The van der Waals surface area contributed by atoms with Gasteiger partial charge in [-0.25, -0.2) is 0 Å². The van der Waals surface area contributed by atoms with Gasteiger partial charge >= 0.3 is 0 Å². The average molecular weight is 334 g/mol. The molecular weight excluding hydrogens is 312 g/mol. The molecule has 1 aliphatic heterocycles. The number of rotatable bonds is 5. The van der Waals surface area contributed by atoms with E-state index in [2.05, 4.69) is 10.6 Å². The highest BCUT2D eigenvalue weighted by molar-refractivity contribution is 5.88. The lowest BCUT2D eigenvalue weighted by atomic mass is 10.1. The molecular formula is C16H22N4O4. The molecule has 0 fully saturated rings. The number of ether oxygens (including phenoxy) is 1. The van der Waals surface area contributed by atoms with Crippen LogP contribution in [0, 0.1) is 0 Å². The maximum Gasteiger partial charge on any atom is 0.262 e. The van der Waals surface area contributed by atoms with Gasteiger partial charge in [-0.3, -0.25) is 14.4 Å². The third kappa shape index (κ3) is 3.95. The van der Waals surface area contributed by atoms with Crippen molar-refractivity contribution in [3.8, 4) is 5.75 Å². The minimum atomic E-state index is -0.693. The minimum absolute atomic E-state index is 0.0137. The first-order chi connectivity index (χ1) is 11.5. The summed E-state index contributed by atoms with van der Waals surface area (Å²) in [5.41, 5.74) is 0.749. The normalized spacial score (nSPS) is 15.8. The van der Waals surface area contributed by atoms with Crippen molar-refractivity contribution in [1.82, 2.24) is 15.5 Å². The highest BCUT2D eigenvalue weighted by Crippen LogP contribution is 2.32. The van der Waals surface area contributed by atoms with E-state index in [1.807, 2.05) is 18.2 Å². The molecule has 24 heavy (non-hydrogen) atoms. The van der Waals surface area contributed by atoms with Crippen molar-refractivity contribution in [2.24, 2.45) is 0 Å². The maximum atomic E-state index is 12.4. The molecule has 8 nitrogen and oxygen atoms in total. The van der Waals surface area contributed by atoms with Gasteiger partial charge in [-0.2, -0.15) is 0 Å². The molecule has 0 spiro atoms. The Kier molecular flexibility index (Phi) is 5.62. The Morgan fingerprint density at radius 2 is 1.96 bits per heavy atom. The molecule has 1 atom stereocenters. The minimum Gasteiger partial charge on any atom is -0.477 e. The van der Waals surface area contributed by atoms with E-state index in [0.29, 0.717) is 5.75 Å². The summed E-state index contributed by atoms with van der Waals surface area (Å²) in [7, 11) is 4.63. The van der Waals surface area contributed by atoms with E-state index in [4.69, 9.17) is 4.74 Å². The Hall–Kier alpha value is -2.77. The molecule has 8 heteroatoms. The van der Waals surface area contributed by atoms with Gasteiger partial charge in [0.15, 0.2) is 6.10 Å². The van der Waals surface area contributed by atoms with Gasteiger partial charge in [0, 0.05) is 21.1 Å². The average Bonchev–Trinajstić information content (AvgIpc) is 2.60. The second-order valence-electron chi connectivity index (χ2n) is 5.49. The van der Waals surface area contributed by atoms with Crippen molar-refractivity contribution in [1.29, 1.82) is 0 Å². The molecule has 0 bridgehead atoms. The summed E-state index contributed by atoms with van der Waals surface area (Å²) in [6.45, 7) is 0.303. The standard InChI is InChI=1S/C16H22N4O4/c1-17-14(21)9-19(3)15(22)10-20-8-13(16(23)18-2)24-12-7-5-4-6-11(12)20/h4-7,13H,8-10H2,1-3H3,(H,17,21)(H,18,23)/t13-/m1/s1. The second kappa shape index (κ2) is 7.67. The fraction of sp³-hybridized carbons (Fsp3) is 0.438. The lowest BCUT2D eigenvalue weighted by Crippen LogP contribution is -2.51. The Morgan fingerprint density at radius 3 is 2.62 bits per heavy atom. The largest absolute Gasteiger partial charge is 0.477 e. The van der Waals surface area contributed by atoms with Crippen molar-refractivity contribution in [2.75, 3.05) is 45.7 Å². The molecule has 130 valence electrons. The number of hydrogen-bond acceptors (Lipinski definition) is 5. The van der Waals surface area contributed by atoms with Crippen LogP contribution >= 0.6 is 0 Å². The Balaban J connectivity index is 2.14. The zero-order valence-corrected chi connectivity index (χ0v) is 14.0. The van der Waals surface area contributed by atoms with Crippen LogP contribution in [-0.2, 0) is 14.4 Å². The number of nitrogens with zero attached hydrogens (tertiary/aromatic N) is 2. The van der Waals surface area contributed by atoms with Crippen LogP contribution < -0.4 is 20.3 Å². The van der Waals surface area contributed by atoms with Crippen LogP contribution in [0.15, 0.2) is 24.3 Å². The number of amides is 3. The highest BCUT2D eigenvalue weighted by Gasteiger charge is 2.31. The van der Waals surface area contributed by atoms with E-state index >= 15 is 0 Å². The Morgan fingerprint density at radius 1 is 1.25 bits per heavy atom. The Bertz CT molecular complexity index is 634. The summed E-state index contributed by atoms with van der Waals surface area (Å²) in [4.78, 5) is 38.8. The zero-order chi connectivity index (χ0) is 17.7. The number of carbonyl (C=O) groups is 3. The molecule has 0 aliphatic carbocycles. The molecule has 1 heterocycles. The number of hydrogen-bond donors (Lipinski definition) is 2. The topological polar surface area (TPSA) is 91.0 Å². The van der Waals surface area contributed by atoms with Crippen molar-refractivity contribution < 1.29 is 19.1 Å². The molecule has 0 unspecified atom stereocenters. The zero-order valence-electron chi connectivity index (χ0n) is 14.0. The lowest BCUT2D eigenvalue weighted by Gasteiger charge is -2.35. The van der Waals surface area contributed by atoms with Crippen molar-refractivity contribution in [3.63, 3.8) is 0 Å². The monoisotopic (exact) mass is 334 g/mol. The smallest absolute Gasteiger partial charge is 0.262 e. The fourth-order valence-electron chi connectivity index (χ4n) is 2.42. The number of para-hydroxylation sites is 2.